The lowest BCUT2D eigenvalue weighted by molar-refractivity contribution is -0.142. The van der Waals surface area contributed by atoms with E-state index in [0.717, 1.165) is 31.2 Å². The molecule has 1 amide bonds. The van der Waals surface area contributed by atoms with Gasteiger partial charge >= 0.3 is 5.97 Å². The molecule has 1 aliphatic heterocycles. The van der Waals surface area contributed by atoms with Crippen molar-refractivity contribution < 1.29 is 14.7 Å². The highest BCUT2D eigenvalue weighted by molar-refractivity contribution is 6.30. The summed E-state index contributed by atoms with van der Waals surface area (Å²) in [4.78, 5) is 45.5. The summed E-state index contributed by atoms with van der Waals surface area (Å²) >= 11 is 6.06. The molecule has 39 heavy (non-hydrogen) atoms. The number of aromatic nitrogens is 3. The number of imidazole rings is 1. The lowest BCUT2D eigenvalue weighted by Crippen LogP contribution is -2.51. The van der Waals surface area contributed by atoms with Gasteiger partial charge in [-0.1, -0.05) is 64.3 Å². The van der Waals surface area contributed by atoms with Crippen molar-refractivity contribution in [1.29, 1.82) is 0 Å². The summed E-state index contributed by atoms with van der Waals surface area (Å²) in [6.45, 7) is 9.20. The van der Waals surface area contributed by atoms with Crippen LogP contribution in [-0.4, -0.2) is 49.6 Å². The predicted octanol–water partition coefficient (Wildman–Crippen LogP) is 4.98. The Kier molecular flexibility index (Phi) is 8.69. The van der Waals surface area contributed by atoms with Crippen molar-refractivity contribution >= 4 is 35.1 Å². The van der Waals surface area contributed by atoms with Gasteiger partial charge in [-0.05, 0) is 43.2 Å². The zero-order valence-corrected chi connectivity index (χ0v) is 23.9. The van der Waals surface area contributed by atoms with E-state index in [-0.39, 0.29) is 16.9 Å². The molecule has 0 aliphatic carbocycles. The first kappa shape index (κ1) is 28.7. The number of hydrogen-bond donors (Lipinski definition) is 2. The molecule has 2 atom stereocenters. The van der Waals surface area contributed by atoms with Gasteiger partial charge in [-0.25, -0.2) is 9.78 Å². The summed E-state index contributed by atoms with van der Waals surface area (Å²) in [6, 6.07) is 7.33. The van der Waals surface area contributed by atoms with Crippen molar-refractivity contribution in [3.05, 3.63) is 51.9 Å². The van der Waals surface area contributed by atoms with Crippen LogP contribution < -0.4 is 15.8 Å². The van der Waals surface area contributed by atoms with Gasteiger partial charge < -0.3 is 15.3 Å². The Bertz CT molecular complexity index is 1390. The minimum absolute atomic E-state index is 0.235. The van der Waals surface area contributed by atoms with Crippen molar-refractivity contribution in [2.45, 2.75) is 84.8 Å². The maximum atomic E-state index is 13.4. The van der Waals surface area contributed by atoms with Gasteiger partial charge in [0, 0.05) is 35.9 Å². The molecule has 3 heterocycles. The van der Waals surface area contributed by atoms with Crippen molar-refractivity contribution in [1.82, 2.24) is 19.3 Å². The van der Waals surface area contributed by atoms with Crippen LogP contribution in [0.2, 0.25) is 5.02 Å². The van der Waals surface area contributed by atoms with Crippen molar-refractivity contribution in [2.75, 3.05) is 11.4 Å². The van der Waals surface area contributed by atoms with E-state index in [2.05, 4.69) is 12.2 Å². The molecule has 1 aliphatic rings. The summed E-state index contributed by atoms with van der Waals surface area (Å²) in [5.74, 6) is -0.229. The standard InChI is InChI=1S/C29H38ClN5O4/c1-5-6-7-14-34-24(16-25(36)35-18-22(32-28(34)35)19-10-12-20(30)13-11-19)33-15-8-9-23(33)26(37)31-21(27(38)39)17-29(2,3)4/h10-13,16,18,21,23H,5-9,14-15,17H2,1-4H3,(H,31,37)(H,38,39)/t21-,23-/m0/s1. The summed E-state index contributed by atoms with van der Waals surface area (Å²) in [6.07, 6.45) is 6.33. The molecule has 1 fully saturated rings. The van der Waals surface area contributed by atoms with E-state index >= 15 is 0 Å². The summed E-state index contributed by atoms with van der Waals surface area (Å²) in [7, 11) is 0. The van der Waals surface area contributed by atoms with Crippen LogP contribution in [0.5, 0.6) is 0 Å². The number of nitrogens with one attached hydrogen (secondary N) is 1. The fraction of sp³-hybridized carbons (Fsp3) is 0.517. The van der Waals surface area contributed by atoms with Crippen LogP contribution in [0.3, 0.4) is 0 Å². The highest BCUT2D eigenvalue weighted by Crippen LogP contribution is 2.29. The molecule has 9 nitrogen and oxygen atoms in total. The van der Waals surface area contributed by atoms with E-state index in [1.165, 1.54) is 0 Å². The van der Waals surface area contributed by atoms with Crippen LogP contribution in [-0.2, 0) is 16.1 Å². The number of halogens is 1. The molecule has 2 N–H and O–H groups in total. The van der Waals surface area contributed by atoms with Crippen molar-refractivity contribution in [2.24, 2.45) is 5.41 Å². The lowest BCUT2D eigenvalue weighted by atomic mass is 9.88. The third-order valence-electron chi connectivity index (χ3n) is 7.10. The topological polar surface area (TPSA) is 109 Å². The molecule has 1 aromatic carbocycles. The van der Waals surface area contributed by atoms with Gasteiger partial charge in [0.25, 0.3) is 5.56 Å². The number of carbonyl (C=O) groups is 2. The van der Waals surface area contributed by atoms with Gasteiger partial charge in [-0.2, -0.15) is 0 Å². The first-order chi connectivity index (χ1) is 18.5. The Hall–Kier alpha value is -3.33. The Morgan fingerprint density at radius 1 is 1.21 bits per heavy atom. The van der Waals surface area contributed by atoms with Crippen LogP contribution in [0.25, 0.3) is 17.0 Å². The van der Waals surface area contributed by atoms with Crippen LogP contribution in [0, 0.1) is 5.41 Å². The molecule has 1 saturated heterocycles. The van der Waals surface area contributed by atoms with Crippen molar-refractivity contribution in [3.63, 3.8) is 0 Å². The third kappa shape index (κ3) is 6.64. The number of anilines is 1. The first-order valence-corrected chi connectivity index (χ1v) is 14.0. The van der Waals surface area contributed by atoms with E-state index in [4.69, 9.17) is 16.6 Å². The second-order valence-corrected chi connectivity index (χ2v) is 12.0. The number of hydrogen-bond acceptors (Lipinski definition) is 5. The zero-order valence-electron chi connectivity index (χ0n) is 23.1. The minimum atomic E-state index is -1.05. The van der Waals surface area contributed by atoms with E-state index in [1.807, 2.05) is 42.4 Å². The Balaban J connectivity index is 1.73. The van der Waals surface area contributed by atoms with E-state index < -0.39 is 18.1 Å². The number of rotatable bonds is 10. The summed E-state index contributed by atoms with van der Waals surface area (Å²) in [5, 5.41) is 13.1. The minimum Gasteiger partial charge on any atom is -0.480 e. The smallest absolute Gasteiger partial charge is 0.326 e. The lowest BCUT2D eigenvalue weighted by Gasteiger charge is -2.30. The number of unbranched alkanes of at least 4 members (excludes halogenated alkanes) is 2. The molecule has 10 heteroatoms. The summed E-state index contributed by atoms with van der Waals surface area (Å²) in [5.41, 5.74) is 1.01. The number of aryl methyl sites for hydroxylation is 1. The number of nitrogens with zero attached hydrogens (tertiary/aromatic N) is 4. The quantitative estimate of drug-likeness (QED) is 0.341. The van der Waals surface area contributed by atoms with Crippen LogP contribution in [0.1, 0.15) is 66.2 Å². The number of benzene rings is 1. The van der Waals surface area contributed by atoms with Gasteiger partial charge in [0.15, 0.2) is 0 Å². The molecule has 3 aromatic rings. The number of fused-ring (bicyclic) bond motifs is 1. The van der Waals surface area contributed by atoms with Gasteiger partial charge in [-0.15, -0.1) is 0 Å². The van der Waals surface area contributed by atoms with E-state index in [1.54, 1.807) is 28.8 Å². The fourth-order valence-corrected chi connectivity index (χ4v) is 5.34. The SMILES string of the molecule is CCCCCn1c(N2CCC[C@H]2C(=O)N[C@@H](CC(C)(C)C)C(=O)O)cc(=O)n2cc(-c3ccc(Cl)cc3)nc12. The summed E-state index contributed by atoms with van der Waals surface area (Å²) < 4.78 is 3.57. The molecule has 2 aromatic heterocycles. The van der Waals surface area contributed by atoms with Gasteiger partial charge in [0.2, 0.25) is 11.7 Å². The number of carboxylic acids is 1. The van der Waals surface area contributed by atoms with Crippen LogP contribution in [0.15, 0.2) is 41.3 Å². The normalized spacial score (nSPS) is 16.5. The zero-order chi connectivity index (χ0) is 28.3. The second kappa shape index (κ2) is 11.8. The Morgan fingerprint density at radius 3 is 2.56 bits per heavy atom. The number of carboxylic acid groups (broad SMARTS) is 1. The van der Waals surface area contributed by atoms with Gasteiger partial charge in [0.05, 0.1) is 5.69 Å². The average Bonchev–Trinajstić information content (AvgIpc) is 3.53. The third-order valence-corrected chi connectivity index (χ3v) is 7.35. The number of amides is 1. The van der Waals surface area contributed by atoms with Gasteiger partial charge in [-0.3, -0.25) is 18.6 Å². The molecule has 0 bridgehead atoms. The molecular formula is C29H38ClN5O4. The predicted molar refractivity (Wildman–Crippen MR) is 153 cm³/mol. The van der Waals surface area contributed by atoms with Crippen molar-refractivity contribution in [3.8, 4) is 11.3 Å². The molecular weight excluding hydrogens is 518 g/mol. The van der Waals surface area contributed by atoms with Gasteiger partial charge in [0.1, 0.15) is 17.9 Å². The molecule has 0 radical (unpaired) electrons. The molecule has 0 saturated carbocycles. The highest BCUT2D eigenvalue weighted by Gasteiger charge is 2.36. The van der Waals surface area contributed by atoms with E-state index in [0.29, 0.717) is 48.2 Å². The molecule has 4 rings (SSSR count). The fourth-order valence-electron chi connectivity index (χ4n) is 5.21. The molecule has 210 valence electrons. The first-order valence-electron chi connectivity index (χ1n) is 13.7. The molecule has 0 spiro atoms. The number of aliphatic carboxylic acids is 1. The number of carbonyl (C=O) groups excluding carboxylic acids is 1. The highest BCUT2D eigenvalue weighted by atomic mass is 35.5. The second-order valence-electron chi connectivity index (χ2n) is 11.5. The molecule has 0 unspecified atom stereocenters. The average molecular weight is 556 g/mol. The maximum absolute atomic E-state index is 13.4. The van der Waals surface area contributed by atoms with E-state index in [9.17, 15) is 19.5 Å². The largest absolute Gasteiger partial charge is 0.480 e. The van der Waals surface area contributed by atoms with Crippen LogP contribution in [0.4, 0.5) is 5.82 Å². The Labute approximate surface area is 233 Å². The Morgan fingerprint density at radius 2 is 1.92 bits per heavy atom. The monoisotopic (exact) mass is 555 g/mol. The maximum Gasteiger partial charge on any atom is 0.326 e. The van der Waals surface area contributed by atoms with Crippen LogP contribution >= 0.6 is 11.6 Å².